The zero-order valence-electron chi connectivity index (χ0n) is 11.9. The quantitative estimate of drug-likeness (QED) is 0.761. The van der Waals surface area contributed by atoms with Crippen molar-refractivity contribution in [2.24, 2.45) is 5.92 Å². The number of amides is 1. The Morgan fingerprint density at radius 3 is 2.45 bits per heavy atom. The van der Waals surface area contributed by atoms with Crippen molar-refractivity contribution >= 4 is 11.9 Å². The third-order valence-corrected chi connectivity index (χ3v) is 2.96. The second kappa shape index (κ2) is 8.19. The molecule has 0 saturated heterocycles. The van der Waals surface area contributed by atoms with Crippen molar-refractivity contribution in [2.45, 2.75) is 26.2 Å². The van der Waals surface area contributed by atoms with Gasteiger partial charge in [0.1, 0.15) is 5.75 Å². The van der Waals surface area contributed by atoms with E-state index in [-0.39, 0.29) is 24.7 Å². The summed E-state index contributed by atoms with van der Waals surface area (Å²) in [5.41, 5.74) is 1.18. The standard InChI is InChI=1S/C15H21NO4/c1-11(10-16-14(17)7-8-15(18)19)9-12-3-5-13(20-2)6-4-12/h3-6,11H,7-10H2,1-2H3,(H,16,17)(H,18,19). The van der Waals surface area contributed by atoms with Crippen molar-refractivity contribution in [3.63, 3.8) is 0 Å². The molecule has 0 heterocycles. The molecule has 1 unspecified atom stereocenters. The zero-order chi connectivity index (χ0) is 15.0. The van der Waals surface area contributed by atoms with Gasteiger partial charge >= 0.3 is 5.97 Å². The molecule has 0 saturated carbocycles. The summed E-state index contributed by atoms with van der Waals surface area (Å²) in [7, 11) is 1.63. The molecular formula is C15H21NO4. The van der Waals surface area contributed by atoms with Crippen molar-refractivity contribution < 1.29 is 19.4 Å². The van der Waals surface area contributed by atoms with Crippen LogP contribution in [0.4, 0.5) is 0 Å². The number of carboxylic acid groups (broad SMARTS) is 1. The number of carbonyl (C=O) groups excluding carboxylic acids is 1. The molecule has 5 heteroatoms. The van der Waals surface area contributed by atoms with Gasteiger partial charge in [-0.3, -0.25) is 9.59 Å². The minimum Gasteiger partial charge on any atom is -0.497 e. The van der Waals surface area contributed by atoms with Gasteiger partial charge in [-0.2, -0.15) is 0 Å². The normalized spacial score (nSPS) is 11.7. The fourth-order valence-corrected chi connectivity index (χ4v) is 1.83. The summed E-state index contributed by atoms with van der Waals surface area (Å²) in [6.45, 7) is 2.59. The molecule has 0 aliphatic heterocycles. The summed E-state index contributed by atoms with van der Waals surface area (Å²) in [6, 6.07) is 7.82. The highest BCUT2D eigenvalue weighted by molar-refractivity contribution is 5.80. The molecule has 0 spiro atoms. The van der Waals surface area contributed by atoms with Crippen LogP contribution in [0, 0.1) is 5.92 Å². The zero-order valence-corrected chi connectivity index (χ0v) is 11.9. The number of benzene rings is 1. The van der Waals surface area contributed by atoms with Gasteiger partial charge in [0.05, 0.1) is 13.5 Å². The third kappa shape index (κ3) is 6.22. The van der Waals surface area contributed by atoms with Crippen LogP contribution in [0.15, 0.2) is 24.3 Å². The predicted octanol–water partition coefficient (Wildman–Crippen LogP) is 1.85. The molecule has 5 nitrogen and oxygen atoms in total. The fourth-order valence-electron chi connectivity index (χ4n) is 1.83. The predicted molar refractivity (Wildman–Crippen MR) is 75.7 cm³/mol. The van der Waals surface area contributed by atoms with E-state index in [0.717, 1.165) is 12.2 Å². The molecule has 0 aliphatic rings. The van der Waals surface area contributed by atoms with Gasteiger partial charge in [-0.05, 0) is 30.0 Å². The second-order valence-corrected chi connectivity index (χ2v) is 4.86. The molecule has 1 rings (SSSR count). The van der Waals surface area contributed by atoms with E-state index in [1.165, 1.54) is 5.56 Å². The van der Waals surface area contributed by atoms with Crippen LogP contribution in [0.5, 0.6) is 5.75 Å². The lowest BCUT2D eigenvalue weighted by Gasteiger charge is -2.13. The van der Waals surface area contributed by atoms with Crippen molar-refractivity contribution in [3.8, 4) is 5.75 Å². The first kappa shape index (κ1) is 16.0. The van der Waals surface area contributed by atoms with Crippen LogP contribution < -0.4 is 10.1 Å². The summed E-state index contributed by atoms with van der Waals surface area (Å²) < 4.78 is 5.09. The van der Waals surface area contributed by atoms with Crippen molar-refractivity contribution in [1.29, 1.82) is 0 Å². The van der Waals surface area contributed by atoms with Crippen LogP contribution in [0.1, 0.15) is 25.3 Å². The number of hydrogen-bond acceptors (Lipinski definition) is 3. The Morgan fingerprint density at radius 1 is 1.25 bits per heavy atom. The average molecular weight is 279 g/mol. The van der Waals surface area contributed by atoms with Crippen LogP contribution in [0.25, 0.3) is 0 Å². The highest BCUT2D eigenvalue weighted by Gasteiger charge is 2.08. The number of hydrogen-bond donors (Lipinski definition) is 2. The molecule has 1 atom stereocenters. The van der Waals surface area contributed by atoms with E-state index < -0.39 is 5.97 Å². The van der Waals surface area contributed by atoms with E-state index in [0.29, 0.717) is 6.54 Å². The van der Waals surface area contributed by atoms with Gasteiger partial charge in [-0.25, -0.2) is 0 Å². The number of aliphatic carboxylic acids is 1. The lowest BCUT2D eigenvalue weighted by Crippen LogP contribution is -2.29. The number of ether oxygens (including phenoxy) is 1. The van der Waals surface area contributed by atoms with Crippen molar-refractivity contribution in [2.75, 3.05) is 13.7 Å². The van der Waals surface area contributed by atoms with Crippen LogP contribution in [0.2, 0.25) is 0 Å². The summed E-state index contributed by atoms with van der Waals surface area (Å²) in [6.07, 6.45) is 0.756. The van der Waals surface area contributed by atoms with Gasteiger partial charge < -0.3 is 15.2 Å². The molecule has 0 bridgehead atoms. The first-order valence-corrected chi connectivity index (χ1v) is 6.62. The Kier molecular flexibility index (Phi) is 6.56. The molecule has 0 fully saturated rings. The van der Waals surface area contributed by atoms with E-state index in [4.69, 9.17) is 9.84 Å². The Bertz CT molecular complexity index is 442. The molecule has 0 aromatic heterocycles. The summed E-state index contributed by atoms with van der Waals surface area (Å²) >= 11 is 0. The highest BCUT2D eigenvalue weighted by Crippen LogP contribution is 2.14. The Morgan fingerprint density at radius 2 is 1.90 bits per heavy atom. The fraction of sp³-hybridized carbons (Fsp3) is 0.467. The average Bonchev–Trinajstić information content (AvgIpc) is 2.43. The van der Waals surface area contributed by atoms with Crippen LogP contribution in [0.3, 0.4) is 0 Å². The lowest BCUT2D eigenvalue weighted by molar-refractivity contribution is -0.138. The maximum Gasteiger partial charge on any atom is 0.303 e. The Balaban J connectivity index is 2.30. The lowest BCUT2D eigenvalue weighted by atomic mass is 10.0. The van der Waals surface area contributed by atoms with Gasteiger partial charge in [0.25, 0.3) is 0 Å². The molecule has 0 radical (unpaired) electrons. The first-order chi connectivity index (χ1) is 9.51. The van der Waals surface area contributed by atoms with E-state index in [9.17, 15) is 9.59 Å². The summed E-state index contributed by atoms with van der Waals surface area (Å²) in [5, 5.41) is 11.2. The van der Waals surface area contributed by atoms with Gasteiger partial charge in [0.2, 0.25) is 5.91 Å². The van der Waals surface area contributed by atoms with E-state index in [1.807, 2.05) is 31.2 Å². The molecule has 0 aliphatic carbocycles. The number of carbonyl (C=O) groups is 2. The van der Waals surface area contributed by atoms with Gasteiger partial charge in [0.15, 0.2) is 0 Å². The third-order valence-electron chi connectivity index (χ3n) is 2.96. The monoisotopic (exact) mass is 279 g/mol. The van der Waals surface area contributed by atoms with E-state index >= 15 is 0 Å². The van der Waals surface area contributed by atoms with Crippen LogP contribution in [-0.4, -0.2) is 30.6 Å². The molecule has 2 N–H and O–H groups in total. The number of methoxy groups -OCH3 is 1. The minimum absolute atomic E-state index is 0.0323. The number of nitrogens with one attached hydrogen (secondary N) is 1. The Labute approximate surface area is 118 Å². The maximum atomic E-state index is 11.4. The molecule has 20 heavy (non-hydrogen) atoms. The second-order valence-electron chi connectivity index (χ2n) is 4.86. The first-order valence-electron chi connectivity index (χ1n) is 6.62. The summed E-state index contributed by atoms with van der Waals surface area (Å²) in [4.78, 5) is 21.7. The largest absolute Gasteiger partial charge is 0.497 e. The maximum absolute atomic E-state index is 11.4. The van der Waals surface area contributed by atoms with Crippen LogP contribution >= 0.6 is 0 Å². The molecular weight excluding hydrogens is 258 g/mol. The highest BCUT2D eigenvalue weighted by atomic mass is 16.5. The van der Waals surface area contributed by atoms with Crippen molar-refractivity contribution in [1.82, 2.24) is 5.32 Å². The molecule has 1 aromatic carbocycles. The number of rotatable bonds is 8. The Hall–Kier alpha value is -2.04. The SMILES string of the molecule is COc1ccc(CC(C)CNC(=O)CCC(=O)O)cc1. The molecule has 1 amide bonds. The topological polar surface area (TPSA) is 75.6 Å². The van der Waals surface area contributed by atoms with E-state index in [1.54, 1.807) is 7.11 Å². The smallest absolute Gasteiger partial charge is 0.303 e. The van der Waals surface area contributed by atoms with Gasteiger partial charge in [0, 0.05) is 13.0 Å². The summed E-state index contributed by atoms with van der Waals surface area (Å²) in [5.74, 6) is -0.0547. The molecule has 1 aromatic rings. The van der Waals surface area contributed by atoms with Gasteiger partial charge in [-0.1, -0.05) is 19.1 Å². The number of carboxylic acids is 1. The minimum atomic E-state index is -0.952. The van der Waals surface area contributed by atoms with E-state index in [2.05, 4.69) is 5.32 Å². The molecule has 110 valence electrons. The van der Waals surface area contributed by atoms with Crippen molar-refractivity contribution in [3.05, 3.63) is 29.8 Å². The van der Waals surface area contributed by atoms with Gasteiger partial charge in [-0.15, -0.1) is 0 Å². The van der Waals surface area contributed by atoms with Crippen LogP contribution in [-0.2, 0) is 16.0 Å².